The number of rotatable bonds is 5. The minimum absolute atomic E-state index is 0.0315. The highest BCUT2D eigenvalue weighted by Crippen LogP contribution is 2.33. The molecule has 0 spiro atoms. The van der Waals surface area contributed by atoms with Crippen molar-refractivity contribution in [3.63, 3.8) is 0 Å². The van der Waals surface area contributed by atoms with Gasteiger partial charge in [0.05, 0.1) is 29.6 Å². The second kappa shape index (κ2) is 9.12. The van der Waals surface area contributed by atoms with Crippen molar-refractivity contribution in [1.29, 1.82) is 0 Å². The molecule has 4 heterocycles. The van der Waals surface area contributed by atoms with Crippen molar-refractivity contribution >= 4 is 22.3 Å². The summed E-state index contributed by atoms with van der Waals surface area (Å²) in [5.41, 5.74) is 5.02. The van der Waals surface area contributed by atoms with Crippen molar-refractivity contribution in [2.45, 2.75) is 45.6 Å². The fraction of sp³-hybridized carbons (Fsp3) is 0.333. The van der Waals surface area contributed by atoms with Crippen molar-refractivity contribution < 1.29 is 14.4 Å². The van der Waals surface area contributed by atoms with Gasteiger partial charge in [0.25, 0.3) is 0 Å². The lowest BCUT2D eigenvalue weighted by Crippen LogP contribution is -3.12. The molecule has 1 aromatic carbocycles. The van der Waals surface area contributed by atoms with Crippen LogP contribution >= 0.6 is 11.3 Å². The molecule has 5 rings (SSSR count). The van der Waals surface area contributed by atoms with Crippen LogP contribution < -0.4 is 10.3 Å². The number of aromatic nitrogens is 1. The Kier molecular flexibility index (Phi) is 6.04. The number of nitrogens with one attached hydrogen (secondary N) is 1. The van der Waals surface area contributed by atoms with E-state index in [4.69, 9.17) is 4.42 Å². The molecule has 1 fully saturated rings. The van der Waals surface area contributed by atoms with E-state index in [-0.39, 0.29) is 11.2 Å². The molecule has 0 aliphatic carbocycles. The van der Waals surface area contributed by atoms with Gasteiger partial charge in [0.15, 0.2) is 0 Å². The van der Waals surface area contributed by atoms with Gasteiger partial charge in [-0.1, -0.05) is 13.0 Å². The molecule has 0 saturated carbocycles. The largest absolute Gasteiger partial charge is 0.507 e. The summed E-state index contributed by atoms with van der Waals surface area (Å²) >= 11 is 1.55. The van der Waals surface area contributed by atoms with Crippen LogP contribution in [0.2, 0.25) is 0 Å². The Bertz CT molecular complexity index is 1340. The van der Waals surface area contributed by atoms with E-state index in [2.05, 4.69) is 11.1 Å². The van der Waals surface area contributed by atoms with Gasteiger partial charge in [0.1, 0.15) is 24.1 Å². The number of benzene rings is 1. The van der Waals surface area contributed by atoms with E-state index in [1.165, 1.54) is 10.5 Å². The van der Waals surface area contributed by atoms with Crippen LogP contribution in [-0.2, 0) is 13.0 Å². The molecule has 4 aromatic rings. The second-order valence-electron chi connectivity index (χ2n) is 9.07. The molecule has 33 heavy (non-hydrogen) atoms. The first kappa shape index (κ1) is 21.9. The summed E-state index contributed by atoms with van der Waals surface area (Å²) in [6.07, 6.45) is 8.26. The molecule has 0 bridgehead atoms. The predicted octanol–water partition coefficient (Wildman–Crippen LogP) is 4.46. The van der Waals surface area contributed by atoms with E-state index in [0.29, 0.717) is 35.4 Å². The number of phenols is 1. The maximum absolute atomic E-state index is 13.5. The first-order chi connectivity index (χ1) is 16.0. The fourth-order valence-corrected chi connectivity index (χ4v) is 5.93. The quantitative estimate of drug-likeness (QED) is 0.461. The standard InChI is InChI=1S/C27H28N2O3S/c1-3-18-11-21-26(31)23(24-10-17(2)16-33-24)15-32-27(21)22(25(18)30)14-29-9-5-7-20(13-29)19-6-4-8-28-12-19/h4,6,8,10-12,15-16,20,30H,3,5,7,9,13-14H2,1-2H3/p+1/t20-/m1/s1. The average Bonchev–Trinajstić information content (AvgIpc) is 3.27. The van der Waals surface area contributed by atoms with Gasteiger partial charge in [-0.15, -0.1) is 11.3 Å². The van der Waals surface area contributed by atoms with Crippen molar-refractivity contribution in [2.24, 2.45) is 0 Å². The Balaban J connectivity index is 1.54. The molecule has 170 valence electrons. The van der Waals surface area contributed by atoms with Crippen LogP contribution in [0.5, 0.6) is 5.75 Å². The van der Waals surface area contributed by atoms with E-state index in [0.717, 1.165) is 47.5 Å². The molecular weight excluding hydrogens is 432 g/mol. The molecule has 1 aliphatic heterocycles. The fourth-order valence-electron chi connectivity index (χ4n) is 5.03. The van der Waals surface area contributed by atoms with Crippen LogP contribution in [0.25, 0.3) is 21.4 Å². The summed E-state index contributed by atoms with van der Waals surface area (Å²) < 4.78 is 6.08. The first-order valence-corrected chi connectivity index (χ1v) is 12.5. The van der Waals surface area contributed by atoms with Crippen LogP contribution in [0.1, 0.15) is 47.9 Å². The van der Waals surface area contributed by atoms with Crippen molar-refractivity contribution in [3.8, 4) is 16.2 Å². The number of phenolic OH excluding ortho intramolecular Hbond substituents is 1. The van der Waals surface area contributed by atoms with Crippen molar-refractivity contribution in [1.82, 2.24) is 4.98 Å². The SMILES string of the molecule is CCc1cc2c(=O)c(-c3cc(C)cs3)coc2c(C[NH+]2CCC[C@@H](c3cccnc3)C2)c1O. The van der Waals surface area contributed by atoms with Gasteiger partial charge in [-0.25, -0.2) is 0 Å². The molecule has 0 amide bonds. The molecule has 6 heteroatoms. The summed E-state index contributed by atoms with van der Waals surface area (Å²) in [5, 5.41) is 13.7. The summed E-state index contributed by atoms with van der Waals surface area (Å²) in [6.45, 7) is 6.66. The minimum atomic E-state index is -0.0315. The Morgan fingerprint density at radius 2 is 2.21 bits per heavy atom. The zero-order valence-electron chi connectivity index (χ0n) is 19.1. The lowest BCUT2D eigenvalue weighted by molar-refractivity contribution is -0.919. The second-order valence-corrected chi connectivity index (χ2v) is 9.98. The minimum Gasteiger partial charge on any atom is -0.507 e. The maximum Gasteiger partial charge on any atom is 0.201 e. The van der Waals surface area contributed by atoms with Gasteiger partial charge in [0, 0.05) is 23.2 Å². The number of fused-ring (bicyclic) bond motifs is 1. The molecule has 1 aliphatic rings. The normalized spacial score (nSPS) is 18.6. The Hall–Kier alpha value is -2.96. The maximum atomic E-state index is 13.5. The Labute approximate surface area is 197 Å². The molecule has 2 N–H and O–H groups in total. The summed E-state index contributed by atoms with van der Waals surface area (Å²) in [5.74, 6) is 0.717. The third-order valence-corrected chi connectivity index (χ3v) is 7.87. The molecule has 0 radical (unpaired) electrons. The summed E-state index contributed by atoms with van der Waals surface area (Å²) in [7, 11) is 0. The number of nitrogens with zero attached hydrogens (tertiary/aromatic N) is 1. The number of aromatic hydroxyl groups is 1. The van der Waals surface area contributed by atoms with Crippen LogP contribution in [0.3, 0.4) is 0 Å². The zero-order valence-corrected chi connectivity index (χ0v) is 19.9. The van der Waals surface area contributed by atoms with Crippen LogP contribution in [-0.4, -0.2) is 23.2 Å². The average molecular weight is 462 g/mol. The molecule has 3 aromatic heterocycles. The molecule has 1 saturated heterocycles. The number of aryl methyl sites for hydroxylation is 2. The highest BCUT2D eigenvalue weighted by Gasteiger charge is 2.28. The number of quaternary nitrogens is 1. The van der Waals surface area contributed by atoms with Crippen LogP contribution in [0, 0.1) is 6.92 Å². The summed E-state index contributed by atoms with van der Waals surface area (Å²) in [4.78, 5) is 20.0. The Morgan fingerprint density at radius 1 is 1.33 bits per heavy atom. The number of hydrogen-bond acceptors (Lipinski definition) is 5. The lowest BCUT2D eigenvalue weighted by Gasteiger charge is -2.30. The van der Waals surface area contributed by atoms with E-state index in [1.807, 2.05) is 49.8 Å². The number of hydrogen-bond donors (Lipinski definition) is 2. The number of thiophene rings is 1. The zero-order chi connectivity index (χ0) is 22.9. The van der Waals surface area contributed by atoms with E-state index >= 15 is 0 Å². The van der Waals surface area contributed by atoms with Gasteiger partial charge in [-0.05, 0) is 66.5 Å². The van der Waals surface area contributed by atoms with E-state index in [1.54, 1.807) is 17.6 Å². The highest BCUT2D eigenvalue weighted by atomic mass is 32.1. The Morgan fingerprint density at radius 3 is 2.94 bits per heavy atom. The third kappa shape index (κ3) is 4.21. The summed E-state index contributed by atoms with van der Waals surface area (Å²) in [6, 6.07) is 7.97. The third-order valence-electron chi connectivity index (χ3n) is 6.79. The molecule has 1 unspecified atom stereocenters. The van der Waals surface area contributed by atoms with Gasteiger partial charge in [0.2, 0.25) is 5.43 Å². The topological polar surface area (TPSA) is 67.8 Å². The van der Waals surface area contributed by atoms with Gasteiger partial charge < -0.3 is 14.4 Å². The lowest BCUT2D eigenvalue weighted by atomic mass is 9.91. The van der Waals surface area contributed by atoms with Crippen LogP contribution in [0.4, 0.5) is 0 Å². The van der Waals surface area contributed by atoms with Crippen molar-refractivity contribution in [3.05, 3.63) is 80.8 Å². The van der Waals surface area contributed by atoms with Gasteiger partial charge in [-0.3, -0.25) is 9.78 Å². The van der Waals surface area contributed by atoms with Gasteiger partial charge in [-0.2, -0.15) is 0 Å². The number of pyridine rings is 1. The number of piperidine rings is 1. The molecular formula is C27H29N2O3S+. The van der Waals surface area contributed by atoms with E-state index < -0.39 is 0 Å². The number of likely N-dealkylation sites (tertiary alicyclic amines) is 1. The van der Waals surface area contributed by atoms with Crippen molar-refractivity contribution in [2.75, 3.05) is 13.1 Å². The van der Waals surface area contributed by atoms with E-state index in [9.17, 15) is 9.90 Å². The highest BCUT2D eigenvalue weighted by molar-refractivity contribution is 7.13. The van der Waals surface area contributed by atoms with Crippen LogP contribution in [0.15, 0.2) is 57.5 Å². The molecule has 2 atom stereocenters. The predicted molar refractivity (Wildman–Crippen MR) is 132 cm³/mol. The monoisotopic (exact) mass is 461 g/mol. The van der Waals surface area contributed by atoms with Gasteiger partial charge >= 0.3 is 0 Å². The smallest absolute Gasteiger partial charge is 0.201 e. The first-order valence-electron chi connectivity index (χ1n) is 11.6. The molecule has 5 nitrogen and oxygen atoms in total.